The Morgan fingerprint density at radius 3 is 2.82 bits per heavy atom. The number of nitrogens with zero attached hydrogens (tertiary/aromatic N) is 1. The zero-order chi connectivity index (χ0) is 8.27. The highest BCUT2D eigenvalue weighted by atomic mass is 19.1. The van der Waals surface area contributed by atoms with Crippen LogP contribution in [-0.2, 0) is 0 Å². The first kappa shape index (κ1) is 7.53. The van der Waals surface area contributed by atoms with Crippen LogP contribution in [0.3, 0.4) is 0 Å². The molecule has 11 heavy (non-hydrogen) atoms. The molecular weight excluding hydrogens is 147 g/mol. The van der Waals surface area contributed by atoms with E-state index in [2.05, 4.69) is 4.98 Å². The van der Waals surface area contributed by atoms with Gasteiger partial charge in [-0.05, 0) is 12.1 Å². The maximum atomic E-state index is 12.3. The van der Waals surface area contributed by atoms with Crippen molar-refractivity contribution in [3.63, 3.8) is 0 Å². The topological polar surface area (TPSA) is 59.1 Å². The van der Waals surface area contributed by atoms with Crippen LogP contribution in [-0.4, -0.2) is 10.1 Å². The van der Waals surface area contributed by atoms with E-state index in [1.165, 1.54) is 12.1 Å². The highest BCUT2D eigenvalue weighted by molar-refractivity contribution is 5.53. The molecule has 0 atom stereocenters. The third-order valence-electron chi connectivity index (χ3n) is 1.15. The molecule has 0 bridgehead atoms. The summed E-state index contributed by atoms with van der Waals surface area (Å²) >= 11 is 0. The summed E-state index contributed by atoms with van der Waals surface area (Å²) in [5.74, 6) is -0.608. The minimum absolute atomic E-state index is 0.162. The quantitative estimate of drug-likeness (QED) is 0.594. The number of nitrogens with two attached hydrogens (primary N) is 1. The summed E-state index contributed by atoms with van der Waals surface area (Å²) in [6.07, 6.45) is 2.01. The lowest BCUT2D eigenvalue weighted by atomic mass is 10.3. The van der Waals surface area contributed by atoms with Crippen molar-refractivity contribution in [2.45, 2.75) is 0 Å². The molecule has 1 rings (SSSR count). The number of aliphatic hydroxyl groups excluding tert-OH is 1. The molecule has 1 aromatic heterocycles. The summed E-state index contributed by atoms with van der Waals surface area (Å²) in [6, 6.07) is 2.54. The lowest BCUT2D eigenvalue weighted by molar-refractivity contribution is 0.506. The van der Waals surface area contributed by atoms with Crippen LogP contribution in [0.15, 0.2) is 24.5 Å². The smallest absolute Gasteiger partial charge is 0.156 e. The van der Waals surface area contributed by atoms with E-state index in [1.54, 1.807) is 0 Å². The van der Waals surface area contributed by atoms with Gasteiger partial charge in [0.25, 0.3) is 0 Å². The Morgan fingerprint density at radius 2 is 2.36 bits per heavy atom. The number of pyridine rings is 1. The number of halogens is 1. The van der Waals surface area contributed by atoms with E-state index in [4.69, 9.17) is 10.8 Å². The standard InChI is InChI=1S/C7H7FN2O/c8-5-1-2-6(10-4-5)7(11)3-9/h1-4,11H,9H2/b7-3+. The second-order valence-electron chi connectivity index (χ2n) is 1.91. The highest BCUT2D eigenvalue weighted by Gasteiger charge is 1.98. The molecule has 3 N–H and O–H groups in total. The molecule has 0 amide bonds. The molecule has 0 spiro atoms. The molecule has 0 aliphatic heterocycles. The van der Waals surface area contributed by atoms with E-state index in [0.29, 0.717) is 0 Å². The van der Waals surface area contributed by atoms with Crippen molar-refractivity contribution in [1.29, 1.82) is 0 Å². The van der Waals surface area contributed by atoms with Crippen LogP contribution < -0.4 is 5.73 Å². The average Bonchev–Trinajstić information content (AvgIpc) is 2.05. The molecule has 0 saturated carbocycles. The molecule has 0 aliphatic rings. The van der Waals surface area contributed by atoms with Gasteiger partial charge in [0.1, 0.15) is 11.5 Å². The van der Waals surface area contributed by atoms with Gasteiger partial charge in [-0.3, -0.25) is 0 Å². The van der Waals surface area contributed by atoms with Gasteiger partial charge in [0, 0.05) is 6.20 Å². The molecule has 0 fully saturated rings. The molecule has 3 nitrogen and oxygen atoms in total. The molecule has 4 heteroatoms. The van der Waals surface area contributed by atoms with Crippen LogP contribution in [0.2, 0.25) is 0 Å². The second kappa shape index (κ2) is 3.01. The summed E-state index contributed by atoms with van der Waals surface area (Å²) in [6.45, 7) is 0. The van der Waals surface area contributed by atoms with E-state index in [9.17, 15) is 4.39 Å². The number of aromatic nitrogens is 1. The first-order valence-corrected chi connectivity index (χ1v) is 2.97. The average molecular weight is 154 g/mol. The predicted molar refractivity (Wildman–Crippen MR) is 39.0 cm³/mol. The van der Waals surface area contributed by atoms with Gasteiger partial charge in [0.15, 0.2) is 5.76 Å². The number of hydrogen-bond donors (Lipinski definition) is 2. The maximum Gasteiger partial charge on any atom is 0.156 e. The van der Waals surface area contributed by atoms with Crippen molar-refractivity contribution in [2.75, 3.05) is 0 Å². The largest absolute Gasteiger partial charge is 0.504 e. The van der Waals surface area contributed by atoms with Crippen LogP contribution >= 0.6 is 0 Å². The lowest BCUT2D eigenvalue weighted by Crippen LogP contribution is -1.91. The molecular formula is C7H7FN2O. The maximum absolute atomic E-state index is 12.3. The number of rotatable bonds is 1. The zero-order valence-corrected chi connectivity index (χ0v) is 5.66. The first-order chi connectivity index (χ1) is 5.24. The summed E-state index contributed by atoms with van der Waals surface area (Å²) in [4.78, 5) is 3.58. The fraction of sp³-hybridized carbons (Fsp3) is 0. The van der Waals surface area contributed by atoms with Gasteiger partial charge in [0.2, 0.25) is 0 Å². The molecule has 58 valence electrons. The van der Waals surface area contributed by atoms with Crippen molar-refractivity contribution >= 4 is 5.76 Å². The van der Waals surface area contributed by atoms with Gasteiger partial charge in [-0.25, -0.2) is 9.37 Å². The summed E-state index contributed by atoms with van der Waals surface area (Å²) < 4.78 is 12.3. The van der Waals surface area contributed by atoms with Crippen molar-refractivity contribution in [3.05, 3.63) is 36.0 Å². The van der Waals surface area contributed by atoms with Gasteiger partial charge in [-0.1, -0.05) is 0 Å². The van der Waals surface area contributed by atoms with Gasteiger partial charge >= 0.3 is 0 Å². The Balaban J connectivity index is 2.99. The highest BCUT2D eigenvalue weighted by Crippen LogP contribution is 2.05. The Labute approximate surface area is 63.0 Å². The number of aliphatic hydroxyl groups is 1. The Hall–Kier alpha value is -1.58. The van der Waals surface area contributed by atoms with Crippen LogP contribution in [0.4, 0.5) is 4.39 Å². The third kappa shape index (κ3) is 1.67. The van der Waals surface area contributed by atoms with Crippen LogP contribution in [0.5, 0.6) is 0 Å². The van der Waals surface area contributed by atoms with Crippen LogP contribution in [0.25, 0.3) is 5.76 Å². The lowest BCUT2D eigenvalue weighted by Gasteiger charge is -1.95. The van der Waals surface area contributed by atoms with Gasteiger partial charge in [-0.15, -0.1) is 0 Å². The van der Waals surface area contributed by atoms with Gasteiger partial charge in [-0.2, -0.15) is 0 Å². The SMILES string of the molecule is N/C=C(/O)c1ccc(F)cn1. The Kier molecular flexibility index (Phi) is 2.06. The summed E-state index contributed by atoms with van der Waals surface area (Å²) in [7, 11) is 0. The van der Waals surface area contributed by atoms with Crippen LogP contribution in [0.1, 0.15) is 5.69 Å². The van der Waals surface area contributed by atoms with E-state index < -0.39 is 5.82 Å². The molecule has 1 heterocycles. The Bertz CT molecular complexity index is 268. The number of hydrogen-bond acceptors (Lipinski definition) is 3. The fourth-order valence-electron chi connectivity index (χ4n) is 0.613. The molecule has 0 aromatic carbocycles. The minimum Gasteiger partial charge on any atom is -0.504 e. The molecule has 0 unspecified atom stereocenters. The molecule has 0 aliphatic carbocycles. The zero-order valence-electron chi connectivity index (χ0n) is 5.66. The molecule has 0 radical (unpaired) electrons. The van der Waals surface area contributed by atoms with E-state index in [0.717, 1.165) is 12.4 Å². The third-order valence-corrected chi connectivity index (χ3v) is 1.15. The first-order valence-electron chi connectivity index (χ1n) is 2.97. The van der Waals surface area contributed by atoms with E-state index in [-0.39, 0.29) is 11.5 Å². The molecule has 0 saturated heterocycles. The summed E-state index contributed by atoms with van der Waals surface area (Å²) in [5, 5.41) is 8.97. The van der Waals surface area contributed by atoms with Crippen molar-refractivity contribution in [2.24, 2.45) is 5.73 Å². The van der Waals surface area contributed by atoms with Crippen molar-refractivity contribution < 1.29 is 9.50 Å². The normalized spacial score (nSPS) is 11.5. The van der Waals surface area contributed by atoms with Gasteiger partial charge < -0.3 is 10.8 Å². The second-order valence-corrected chi connectivity index (χ2v) is 1.91. The van der Waals surface area contributed by atoms with Crippen molar-refractivity contribution in [3.8, 4) is 0 Å². The van der Waals surface area contributed by atoms with Gasteiger partial charge in [0.05, 0.1) is 6.20 Å². The van der Waals surface area contributed by atoms with Crippen molar-refractivity contribution in [1.82, 2.24) is 4.98 Å². The fourth-order valence-corrected chi connectivity index (χ4v) is 0.613. The van der Waals surface area contributed by atoms with E-state index in [1.807, 2.05) is 0 Å². The molecule has 1 aromatic rings. The van der Waals surface area contributed by atoms with E-state index >= 15 is 0 Å². The monoisotopic (exact) mass is 154 g/mol. The Morgan fingerprint density at radius 1 is 1.64 bits per heavy atom. The minimum atomic E-state index is -0.446. The summed E-state index contributed by atoms with van der Waals surface area (Å²) in [5.41, 5.74) is 5.25. The van der Waals surface area contributed by atoms with Crippen LogP contribution in [0, 0.1) is 5.82 Å². The predicted octanol–water partition coefficient (Wildman–Crippen LogP) is 1.04.